The molecule has 132 valence electrons. The van der Waals surface area contributed by atoms with Crippen LogP contribution in [-0.4, -0.2) is 23.8 Å². The number of nitrogens with zero attached hydrogens (tertiary/aromatic N) is 1. The summed E-state index contributed by atoms with van der Waals surface area (Å²) in [5, 5.41) is 16.1. The highest BCUT2D eigenvalue weighted by Gasteiger charge is 2.12. The molecule has 0 heterocycles. The smallest absolute Gasteiger partial charge is 0.275 e. The third kappa shape index (κ3) is 3.67. The minimum Gasteiger partial charge on any atom is -0.507 e. The fraction of sp³-hybridized carbons (Fsp3) is 0.143. The summed E-state index contributed by atoms with van der Waals surface area (Å²) in [7, 11) is 1.61. The molecule has 0 aliphatic heterocycles. The summed E-state index contributed by atoms with van der Waals surface area (Å²) in [6.45, 7) is 1.96. The van der Waals surface area contributed by atoms with Crippen molar-refractivity contribution < 1.29 is 14.6 Å². The molecule has 1 amide bonds. The van der Waals surface area contributed by atoms with Gasteiger partial charge in [-0.05, 0) is 59.2 Å². The van der Waals surface area contributed by atoms with Gasteiger partial charge in [0.05, 0.1) is 18.4 Å². The normalized spacial score (nSPS) is 11.4. The van der Waals surface area contributed by atoms with Gasteiger partial charge in [0, 0.05) is 0 Å². The van der Waals surface area contributed by atoms with E-state index < -0.39 is 5.91 Å². The van der Waals surface area contributed by atoms with Crippen LogP contribution in [0.25, 0.3) is 10.8 Å². The zero-order chi connectivity index (χ0) is 18.5. The van der Waals surface area contributed by atoms with Crippen LogP contribution in [0.3, 0.4) is 0 Å². The van der Waals surface area contributed by atoms with Crippen LogP contribution in [0.4, 0.5) is 0 Å². The van der Waals surface area contributed by atoms with E-state index >= 15 is 0 Å². The molecule has 0 aromatic heterocycles. The van der Waals surface area contributed by atoms with Crippen molar-refractivity contribution in [2.75, 3.05) is 7.11 Å². The van der Waals surface area contributed by atoms with Crippen molar-refractivity contribution in [3.8, 4) is 11.5 Å². The van der Waals surface area contributed by atoms with Crippen LogP contribution in [0, 0.1) is 0 Å². The molecule has 0 saturated carbocycles. The Morgan fingerprint density at radius 1 is 1.08 bits per heavy atom. The molecule has 0 bridgehead atoms. The van der Waals surface area contributed by atoms with Crippen LogP contribution < -0.4 is 10.2 Å². The number of benzene rings is 3. The Morgan fingerprint density at radius 2 is 1.73 bits per heavy atom. The maximum absolute atomic E-state index is 12.5. The lowest BCUT2D eigenvalue weighted by Crippen LogP contribution is -2.20. The van der Waals surface area contributed by atoms with Gasteiger partial charge in [0.1, 0.15) is 11.5 Å². The van der Waals surface area contributed by atoms with Gasteiger partial charge >= 0.3 is 0 Å². The number of carbonyl (C=O) groups is 1. The molecule has 0 spiro atoms. The van der Waals surface area contributed by atoms with E-state index in [0.29, 0.717) is 6.42 Å². The predicted octanol–water partition coefficient (Wildman–Crippen LogP) is 4.10. The van der Waals surface area contributed by atoms with Crippen molar-refractivity contribution in [1.82, 2.24) is 5.43 Å². The van der Waals surface area contributed by atoms with Crippen molar-refractivity contribution in [3.05, 3.63) is 71.8 Å². The molecule has 3 aromatic carbocycles. The number of fused-ring (bicyclic) bond motifs is 1. The summed E-state index contributed by atoms with van der Waals surface area (Å²) in [4.78, 5) is 12.5. The van der Waals surface area contributed by atoms with E-state index in [4.69, 9.17) is 4.74 Å². The second kappa shape index (κ2) is 7.70. The third-order valence-electron chi connectivity index (χ3n) is 4.16. The fourth-order valence-corrected chi connectivity index (χ4v) is 2.72. The van der Waals surface area contributed by atoms with Crippen molar-refractivity contribution in [2.45, 2.75) is 13.3 Å². The van der Waals surface area contributed by atoms with Crippen LogP contribution in [0.2, 0.25) is 0 Å². The number of hydrazone groups is 1. The summed E-state index contributed by atoms with van der Waals surface area (Å²) >= 11 is 0. The Balaban J connectivity index is 1.83. The Labute approximate surface area is 151 Å². The van der Waals surface area contributed by atoms with E-state index in [1.807, 2.05) is 55.5 Å². The molecule has 0 aliphatic carbocycles. The van der Waals surface area contributed by atoms with Crippen molar-refractivity contribution in [1.29, 1.82) is 0 Å². The lowest BCUT2D eigenvalue weighted by Gasteiger charge is -2.08. The van der Waals surface area contributed by atoms with E-state index in [9.17, 15) is 9.90 Å². The number of hydrogen-bond acceptors (Lipinski definition) is 4. The van der Waals surface area contributed by atoms with Crippen molar-refractivity contribution in [2.24, 2.45) is 5.10 Å². The maximum Gasteiger partial charge on any atom is 0.275 e. The minimum absolute atomic E-state index is 0.0705. The molecule has 3 aromatic rings. The molecular formula is C21H20N2O3. The average Bonchev–Trinajstić information content (AvgIpc) is 2.68. The molecule has 3 rings (SSSR count). The second-order valence-corrected chi connectivity index (χ2v) is 5.80. The Morgan fingerprint density at radius 3 is 2.35 bits per heavy atom. The molecule has 0 atom stereocenters. The molecule has 0 saturated heterocycles. The van der Waals surface area contributed by atoms with Gasteiger partial charge in [-0.25, -0.2) is 5.43 Å². The predicted molar refractivity (Wildman–Crippen MR) is 103 cm³/mol. The quantitative estimate of drug-likeness (QED) is 0.539. The molecule has 0 fully saturated rings. The van der Waals surface area contributed by atoms with Gasteiger partial charge in [-0.15, -0.1) is 0 Å². The first-order valence-electron chi connectivity index (χ1n) is 8.35. The Kier molecular flexibility index (Phi) is 5.17. The lowest BCUT2D eigenvalue weighted by molar-refractivity contribution is 0.0952. The van der Waals surface area contributed by atoms with Gasteiger partial charge in [-0.2, -0.15) is 5.10 Å². The summed E-state index contributed by atoms with van der Waals surface area (Å²) < 4.78 is 5.15. The Bertz CT molecular complexity index is 963. The first kappa shape index (κ1) is 17.5. The maximum atomic E-state index is 12.5. The number of nitrogens with one attached hydrogen (secondary N) is 1. The van der Waals surface area contributed by atoms with E-state index in [0.717, 1.165) is 27.8 Å². The number of carbonyl (C=O) groups excluding carboxylic acids is 1. The van der Waals surface area contributed by atoms with E-state index in [1.54, 1.807) is 19.2 Å². The monoisotopic (exact) mass is 348 g/mol. The van der Waals surface area contributed by atoms with Gasteiger partial charge in [0.15, 0.2) is 0 Å². The van der Waals surface area contributed by atoms with Gasteiger partial charge in [-0.3, -0.25) is 4.79 Å². The fourth-order valence-electron chi connectivity index (χ4n) is 2.72. The Hall–Kier alpha value is -3.34. The topological polar surface area (TPSA) is 70.9 Å². The van der Waals surface area contributed by atoms with E-state index in [2.05, 4.69) is 10.5 Å². The highest BCUT2D eigenvalue weighted by atomic mass is 16.5. The summed E-state index contributed by atoms with van der Waals surface area (Å²) in [5.74, 6) is 0.237. The molecule has 0 radical (unpaired) electrons. The number of ether oxygens (including phenoxy) is 1. The van der Waals surface area contributed by atoms with Crippen LogP contribution in [0.15, 0.2) is 65.8 Å². The molecule has 0 unspecified atom stereocenters. The number of methoxy groups -OCH3 is 1. The zero-order valence-electron chi connectivity index (χ0n) is 14.7. The number of rotatable bonds is 5. The van der Waals surface area contributed by atoms with Crippen LogP contribution in [0.5, 0.6) is 11.5 Å². The lowest BCUT2D eigenvalue weighted by atomic mass is 10.1. The molecule has 5 nitrogen and oxygen atoms in total. The van der Waals surface area contributed by atoms with Gasteiger partial charge in [0.25, 0.3) is 5.91 Å². The highest BCUT2D eigenvalue weighted by Crippen LogP contribution is 2.25. The van der Waals surface area contributed by atoms with Crippen molar-refractivity contribution in [3.63, 3.8) is 0 Å². The first-order chi connectivity index (χ1) is 12.6. The largest absolute Gasteiger partial charge is 0.507 e. The van der Waals surface area contributed by atoms with Crippen LogP contribution >= 0.6 is 0 Å². The third-order valence-corrected chi connectivity index (χ3v) is 4.16. The summed E-state index contributed by atoms with van der Waals surface area (Å²) in [6, 6.07) is 18.3. The number of aromatic hydroxyl groups is 1. The first-order valence-corrected chi connectivity index (χ1v) is 8.35. The van der Waals surface area contributed by atoms with Crippen molar-refractivity contribution >= 4 is 22.4 Å². The van der Waals surface area contributed by atoms with Gasteiger partial charge in [0.2, 0.25) is 0 Å². The zero-order valence-corrected chi connectivity index (χ0v) is 14.7. The molecule has 2 N–H and O–H groups in total. The summed E-state index contributed by atoms with van der Waals surface area (Å²) in [5.41, 5.74) is 4.37. The minimum atomic E-state index is -0.451. The molecular weight excluding hydrogens is 328 g/mol. The average molecular weight is 348 g/mol. The summed E-state index contributed by atoms with van der Waals surface area (Å²) in [6.07, 6.45) is 0.649. The number of hydrogen-bond donors (Lipinski definition) is 2. The highest BCUT2D eigenvalue weighted by molar-refractivity contribution is 6.04. The molecule has 0 aliphatic rings. The molecule has 26 heavy (non-hydrogen) atoms. The van der Waals surface area contributed by atoms with Crippen LogP contribution in [-0.2, 0) is 0 Å². The number of amides is 1. The molecule has 5 heteroatoms. The SMILES string of the molecule is CCC(=NNC(=O)c1cc2ccccc2cc1O)c1ccc(OC)cc1. The standard InChI is InChI=1S/C21H20N2O3/c1-3-19(14-8-10-17(26-2)11-9-14)22-23-21(25)18-12-15-6-4-5-7-16(15)13-20(18)24/h4-13,24H,3H2,1-2H3,(H,23,25). The van der Waals surface area contributed by atoms with E-state index in [1.165, 1.54) is 0 Å². The van der Waals surface area contributed by atoms with E-state index in [-0.39, 0.29) is 11.3 Å². The van der Waals surface area contributed by atoms with Gasteiger partial charge < -0.3 is 9.84 Å². The number of phenols is 1. The van der Waals surface area contributed by atoms with Gasteiger partial charge in [-0.1, -0.05) is 31.2 Å². The number of phenolic OH excluding ortho intramolecular Hbond substituents is 1. The second-order valence-electron chi connectivity index (χ2n) is 5.80. The van der Waals surface area contributed by atoms with Crippen LogP contribution in [0.1, 0.15) is 29.3 Å².